The van der Waals surface area contributed by atoms with Gasteiger partial charge in [-0.3, -0.25) is 0 Å². The van der Waals surface area contributed by atoms with Crippen LogP contribution in [-0.2, 0) is 10.3 Å². The van der Waals surface area contributed by atoms with E-state index in [1.54, 1.807) is 55.9 Å². The van der Waals surface area contributed by atoms with Gasteiger partial charge < -0.3 is 19.1 Å². The number of hydrogen-bond donors (Lipinski definition) is 0. The van der Waals surface area contributed by atoms with Crippen LogP contribution in [0.25, 0.3) is 18.2 Å². The molecule has 0 N–H and O–H groups in total. The van der Waals surface area contributed by atoms with Crippen LogP contribution in [0.4, 0.5) is 29.5 Å². The van der Waals surface area contributed by atoms with Crippen LogP contribution >= 0.6 is 22.7 Å². The van der Waals surface area contributed by atoms with Gasteiger partial charge in [-0.25, -0.2) is 0 Å². The van der Waals surface area contributed by atoms with E-state index in [1.807, 2.05) is 78.9 Å². The third-order valence-electron chi connectivity index (χ3n) is 8.24. The number of allylic oxidation sites excluding steroid dienone is 2. The zero-order valence-electron chi connectivity index (χ0n) is 28.1. The Morgan fingerprint density at radius 1 is 0.698 bits per heavy atom. The number of benzene rings is 3. The van der Waals surface area contributed by atoms with E-state index in [0.717, 1.165) is 37.6 Å². The van der Waals surface area contributed by atoms with Crippen LogP contribution in [0.1, 0.15) is 20.2 Å². The molecule has 6 rings (SSSR count). The largest absolute Gasteiger partial charge is 0.497 e. The van der Waals surface area contributed by atoms with Gasteiger partial charge >= 0.3 is 6.18 Å². The molecule has 3 aromatic carbocycles. The minimum absolute atomic E-state index is 0.298. The van der Waals surface area contributed by atoms with E-state index in [2.05, 4.69) is 4.90 Å². The van der Waals surface area contributed by atoms with Gasteiger partial charge in [0.1, 0.15) is 40.3 Å². The number of thiophene rings is 2. The third kappa shape index (κ3) is 7.17. The second kappa shape index (κ2) is 15.4. The molecule has 7 nitrogen and oxygen atoms in total. The minimum Gasteiger partial charge on any atom is -0.497 e. The molecule has 53 heavy (non-hydrogen) atoms. The first-order valence-corrected chi connectivity index (χ1v) is 17.4. The van der Waals surface area contributed by atoms with E-state index in [-0.39, 0.29) is 5.56 Å². The molecule has 1 atom stereocenters. The number of halogens is 3. The van der Waals surface area contributed by atoms with E-state index in [9.17, 15) is 15.8 Å². The fraction of sp³-hybridized carbons (Fsp3) is 0.0976. The number of ether oxygens (including phenoxy) is 3. The van der Waals surface area contributed by atoms with Crippen LogP contribution in [0.3, 0.4) is 0 Å². The topological polar surface area (TPSA) is 102 Å². The van der Waals surface area contributed by atoms with E-state index >= 15 is 13.2 Å². The quantitative estimate of drug-likeness (QED) is 0.131. The maximum absolute atomic E-state index is 15.1. The number of rotatable bonds is 10. The SMILES string of the molecule is COc1ccc(N(c2ccc(OC)cc2)c2ccc(/C=C/c3ccc(/C=C/C4=C(C#N)C(=C(C#N)C#N)OC4(c4ccccc4)C(F)(F)F)s3)s2)cc1. The molecular formula is C41H27F3N4O3S2. The van der Waals surface area contributed by atoms with E-state index in [0.29, 0.717) is 4.88 Å². The fourth-order valence-electron chi connectivity index (χ4n) is 5.73. The highest BCUT2D eigenvalue weighted by Crippen LogP contribution is 2.56. The average molecular weight is 745 g/mol. The summed E-state index contributed by atoms with van der Waals surface area (Å²) in [5.41, 5.74) is -3.33. The van der Waals surface area contributed by atoms with Crippen molar-refractivity contribution in [1.29, 1.82) is 15.8 Å². The van der Waals surface area contributed by atoms with Crippen molar-refractivity contribution >= 4 is 57.3 Å². The van der Waals surface area contributed by atoms with E-state index in [1.165, 1.54) is 47.8 Å². The lowest BCUT2D eigenvalue weighted by molar-refractivity contribution is -0.249. The smallest absolute Gasteiger partial charge is 0.437 e. The third-order valence-corrected chi connectivity index (χ3v) is 10.3. The molecule has 0 fully saturated rings. The number of alkyl halides is 3. The maximum atomic E-state index is 15.1. The summed E-state index contributed by atoms with van der Waals surface area (Å²) in [5, 5.41) is 30.0. The molecule has 2 aromatic heterocycles. The summed E-state index contributed by atoms with van der Waals surface area (Å²) in [7, 11) is 3.24. The van der Waals surface area contributed by atoms with Crippen molar-refractivity contribution in [1.82, 2.24) is 0 Å². The highest BCUT2D eigenvalue weighted by atomic mass is 32.1. The summed E-state index contributed by atoms with van der Waals surface area (Å²) in [4.78, 5) is 4.53. The average Bonchev–Trinajstić information content (AvgIpc) is 3.92. The Bertz CT molecular complexity index is 2310. The lowest BCUT2D eigenvalue weighted by atomic mass is 9.84. The Kier molecular flexibility index (Phi) is 10.5. The van der Waals surface area contributed by atoms with Crippen molar-refractivity contribution in [2.45, 2.75) is 11.8 Å². The van der Waals surface area contributed by atoms with Crippen LogP contribution in [-0.4, -0.2) is 20.4 Å². The first-order valence-electron chi connectivity index (χ1n) is 15.8. The second-order valence-corrected chi connectivity index (χ2v) is 13.5. The zero-order valence-corrected chi connectivity index (χ0v) is 29.7. The highest BCUT2D eigenvalue weighted by Gasteiger charge is 2.65. The molecule has 1 unspecified atom stereocenters. The van der Waals surface area contributed by atoms with Gasteiger partial charge in [0.05, 0.1) is 14.2 Å². The standard InChI is InChI=1S/C41H27F3N4O3S2/c1-49-31-12-8-29(9-13-31)48(30-10-14-32(50-2)15-11-30)38-23-21-35(53-38)19-18-33-16-17-34(52-33)20-22-37-36(26-47)39(27(24-45)25-46)51-40(37,41(42,43)44)28-6-4-3-5-7-28/h3-23H,1-2H3/b19-18+,22-20+. The van der Waals surface area contributed by atoms with Gasteiger partial charge in [0.15, 0.2) is 11.3 Å². The summed E-state index contributed by atoms with van der Waals surface area (Å²) in [6, 6.07) is 34.9. The molecular weight excluding hydrogens is 718 g/mol. The van der Waals surface area contributed by atoms with Crippen molar-refractivity contribution < 1.29 is 27.4 Å². The Morgan fingerprint density at radius 2 is 1.21 bits per heavy atom. The van der Waals surface area contributed by atoms with Crippen molar-refractivity contribution in [2.24, 2.45) is 0 Å². The second-order valence-electron chi connectivity index (χ2n) is 11.3. The number of hydrogen-bond acceptors (Lipinski definition) is 9. The predicted molar refractivity (Wildman–Crippen MR) is 201 cm³/mol. The summed E-state index contributed by atoms with van der Waals surface area (Å²) in [6.07, 6.45) is 1.45. The summed E-state index contributed by atoms with van der Waals surface area (Å²) < 4.78 is 61.5. The van der Waals surface area contributed by atoms with Gasteiger partial charge in [0.25, 0.3) is 5.60 Å². The molecule has 0 radical (unpaired) electrons. The Morgan fingerprint density at radius 3 is 1.70 bits per heavy atom. The highest BCUT2D eigenvalue weighted by molar-refractivity contribution is 7.17. The van der Waals surface area contributed by atoms with Gasteiger partial charge in [-0.05, 0) is 91.0 Å². The maximum Gasteiger partial charge on any atom is 0.437 e. The van der Waals surface area contributed by atoms with Crippen LogP contribution < -0.4 is 14.4 Å². The Balaban J connectivity index is 1.31. The van der Waals surface area contributed by atoms with Gasteiger partial charge in [-0.1, -0.05) is 36.4 Å². The molecule has 12 heteroatoms. The number of nitrogens with zero attached hydrogens (tertiary/aromatic N) is 4. The van der Waals surface area contributed by atoms with E-state index < -0.39 is 34.3 Å². The van der Waals surface area contributed by atoms with Crippen LogP contribution in [0.5, 0.6) is 11.5 Å². The molecule has 1 aliphatic rings. The van der Waals surface area contributed by atoms with Crippen LogP contribution in [0, 0.1) is 34.0 Å². The zero-order chi connectivity index (χ0) is 37.6. The first-order chi connectivity index (χ1) is 25.6. The molecule has 262 valence electrons. The molecule has 0 spiro atoms. The van der Waals surface area contributed by atoms with Crippen LogP contribution in [0.15, 0.2) is 132 Å². The molecule has 5 aromatic rings. The van der Waals surface area contributed by atoms with Gasteiger partial charge in [-0.15, -0.1) is 22.7 Å². The molecule has 0 saturated heterocycles. The Hall–Kier alpha value is -6.52. The minimum atomic E-state index is -5.06. The molecule has 3 heterocycles. The van der Waals surface area contributed by atoms with Crippen molar-refractivity contribution in [3.05, 3.63) is 152 Å². The lowest BCUT2D eigenvalue weighted by Crippen LogP contribution is -2.43. The first kappa shape index (κ1) is 36.3. The molecule has 0 aliphatic carbocycles. The predicted octanol–water partition coefficient (Wildman–Crippen LogP) is 11.1. The number of methoxy groups -OCH3 is 2. The normalized spacial score (nSPS) is 15.5. The van der Waals surface area contributed by atoms with Gasteiger partial charge in [-0.2, -0.15) is 29.0 Å². The number of anilines is 3. The summed E-state index contributed by atoms with van der Waals surface area (Å²) in [6.45, 7) is 0. The monoisotopic (exact) mass is 744 g/mol. The molecule has 0 amide bonds. The van der Waals surface area contributed by atoms with Gasteiger partial charge in [0.2, 0.25) is 0 Å². The Labute approximate surface area is 311 Å². The van der Waals surface area contributed by atoms with Crippen LogP contribution in [0.2, 0.25) is 0 Å². The van der Waals surface area contributed by atoms with Crippen molar-refractivity contribution in [3.8, 4) is 29.7 Å². The summed E-state index contributed by atoms with van der Waals surface area (Å²) >= 11 is 2.90. The van der Waals surface area contributed by atoms with Gasteiger partial charge in [0, 0.05) is 37.1 Å². The van der Waals surface area contributed by atoms with Crippen molar-refractivity contribution in [2.75, 3.05) is 19.1 Å². The molecule has 0 saturated carbocycles. The van der Waals surface area contributed by atoms with Crippen molar-refractivity contribution in [3.63, 3.8) is 0 Å². The summed E-state index contributed by atoms with van der Waals surface area (Å²) in [5.74, 6) is 0.777. The lowest BCUT2D eigenvalue weighted by Gasteiger charge is -2.33. The molecule has 1 aliphatic heterocycles. The molecule has 0 bridgehead atoms. The van der Waals surface area contributed by atoms with E-state index in [4.69, 9.17) is 14.2 Å². The fourth-order valence-corrected chi connectivity index (χ4v) is 7.50. The number of nitriles is 3.